The van der Waals surface area contributed by atoms with Gasteiger partial charge in [-0.2, -0.15) is 0 Å². The van der Waals surface area contributed by atoms with Gasteiger partial charge in [0.05, 0.1) is 35.9 Å². The molecule has 51 heavy (non-hydrogen) atoms. The highest BCUT2D eigenvalue weighted by Gasteiger charge is 2.38. The maximum absolute atomic E-state index is 14.2. The molecule has 2 saturated heterocycles. The molecule has 5 aromatic rings. The summed E-state index contributed by atoms with van der Waals surface area (Å²) in [6, 6.07) is 26.4. The second-order valence-corrected chi connectivity index (χ2v) is 13.6. The number of nitrogens with zero attached hydrogens (tertiary/aromatic N) is 5. The van der Waals surface area contributed by atoms with Crippen LogP contribution < -0.4 is 0 Å². The van der Waals surface area contributed by atoms with Gasteiger partial charge in [-0.3, -0.25) is 14.5 Å². The second kappa shape index (κ2) is 15.0. The van der Waals surface area contributed by atoms with E-state index in [2.05, 4.69) is 94.4 Å². The molecule has 0 radical (unpaired) electrons. The maximum atomic E-state index is 14.2. The first-order chi connectivity index (χ1) is 24.9. The summed E-state index contributed by atoms with van der Waals surface area (Å²) in [5, 5.41) is 9.82. The zero-order valence-electron chi connectivity index (χ0n) is 29.6. The van der Waals surface area contributed by atoms with Crippen molar-refractivity contribution in [2.45, 2.75) is 70.7 Å². The maximum Gasteiger partial charge on any atom is 0.251 e. The molecule has 0 bridgehead atoms. The molecule has 0 unspecified atom stereocenters. The molecule has 2 aliphatic heterocycles. The van der Waals surface area contributed by atoms with Gasteiger partial charge in [-0.1, -0.05) is 92.7 Å². The second-order valence-electron chi connectivity index (χ2n) is 13.6. The van der Waals surface area contributed by atoms with E-state index in [1.54, 1.807) is 4.90 Å². The van der Waals surface area contributed by atoms with Gasteiger partial charge in [-0.25, -0.2) is 9.97 Å². The Morgan fingerprint density at radius 1 is 0.725 bits per heavy atom. The molecule has 4 atom stereocenters. The molecule has 10 nitrogen and oxygen atoms in total. The normalized spacial score (nSPS) is 18.8. The Kier molecular flexibility index (Phi) is 10.1. The van der Waals surface area contributed by atoms with E-state index in [1.807, 2.05) is 35.5 Å². The van der Waals surface area contributed by atoms with E-state index in [0.717, 1.165) is 96.2 Å². The van der Waals surface area contributed by atoms with Gasteiger partial charge < -0.3 is 24.9 Å². The molecule has 0 saturated carbocycles. The zero-order chi connectivity index (χ0) is 35.5. The Morgan fingerprint density at radius 2 is 1.18 bits per heavy atom. The van der Waals surface area contributed by atoms with Crippen LogP contribution in [0.15, 0.2) is 91.3 Å². The summed E-state index contributed by atoms with van der Waals surface area (Å²) < 4.78 is 0. The average Bonchev–Trinajstić information content (AvgIpc) is 4.00. The minimum atomic E-state index is -1.02. The Bertz CT molecular complexity index is 1930. The quantitative estimate of drug-likeness (QED) is 0.139. The molecule has 3 N–H and O–H groups in total. The average molecular weight is 686 g/mol. The van der Waals surface area contributed by atoms with Crippen LogP contribution in [-0.4, -0.2) is 83.8 Å². The predicted octanol–water partition coefficient (Wildman–Crippen LogP) is 6.92. The third-order valence-corrected chi connectivity index (χ3v) is 10.5. The number of carbonyl (C=O) groups is 2. The van der Waals surface area contributed by atoms with Crippen LogP contribution in [0.5, 0.6) is 0 Å². The van der Waals surface area contributed by atoms with Gasteiger partial charge in [0.2, 0.25) is 5.91 Å². The van der Waals surface area contributed by atoms with E-state index in [9.17, 15) is 14.7 Å². The Balaban J connectivity index is 1.03. The highest BCUT2D eigenvalue weighted by Crippen LogP contribution is 2.36. The predicted molar refractivity (Wildman–Crippen MR) is 198 cm³/mol. The molecular weight excluding hydrogens is 638 g/mol. The van der Waals surface area contributed by atoms with Crippen LogP contribution >= 0.6 is 0 Å². The number of carbonyl (C=O) groups excluding carboxylic acids is 2. The van der Waals surface area contributed by atoms with E-state index >= 15 is 0 Å². The molecule has 0 spiro atoms. The number of likely N-dealkylation sites (tertiary alicyclic amines) is 2. The standard InChI is InChI=1S/C41H47N7O3/c1-4-46(5-2)37(32-11-7-6-8-12-32)41(51)48-24-10-14-36(48)39-43-26-34(45-39)31-21-17-29(18-22-31)28-15-19-30(20-16-28)33-25-42-38(44-33)35-13-9-23-47(35)40(50)27(3)49/h6-8,11-12,15-22,25-27,35-37,49H,4-5,9-10,13-14,23-24H2,1-3H3,(H,42,44)(H,43,45)/t27-,35-,36-,37+/m0/s1. The first-order valence-corrected chi connectivity index (χ1v) is 18.2. The number of imidazole rings is 2. The Labute approximate surface area is 299 Å². The smallest absolute Gasteiger partial charge is 0.251 e. The first kappa shape index (κ1) is 34.4. The lowest BCUT2D eigenvalue weighted by molar-refractivity contribution is -0.140. The van der Waals surface area contributed by atoms with Gasteiger partial charge in [0.25, 0.3) is 5.91 Å². The lowest BCUT2D eigenvalue weighted by Gasteiger charge is -2.34. The summed E-state index contributed by atoms with van der Waals surface area (Å²) in [6.07, 6.45) is 6.22. The van der Waals surface area contributed by atoms with Crippen LogP contribution in [-0.2, 0) is 9.59 Å². The molecule has 2 aliphatic rings. The van der Waals surface area contributed by atoms with Crippen LogP contribution in [0.25, 0.3) is 33.6 Å². The highest BCUT2D eigenvalue weighted by molar-refractivity contribution is 5.84. The van der Waals surface area contributed by atoms with E-state index in [0.29, 0.717) is 6.54 Å². The minimum Gasteiger partial charge on any atom is -0.384 e. The number of aliphatic hydroxyl groups excluding tert-OH is 1. The van der Waals surface area contributed by atoms with Gasteiger partial charge >= 0.3 is 0 Å². The Morgan fingerprint density at radius 3 is 1.63 bits per heavy atom. The highest BCUT2D eigenvalue weighted by atomic mass is 16.3. The van der Waals surface area contributed by atoms with Gasteiger partial charge in [0, 0.05) is 13.1 Å². The molecular formula is C41H47N7O3. The third-order valence-electron chi connectivity index (χ3n) is 10.5. The molecule has 4 heterocycles. The number of likely N-dealkylation sites (N-methyl/N-ethyl adjacent to an activating group) is 1. The molecule has 10 heteroatoms. The lowest BCUT2D eigenvalue weighted by atomic mass is 10.0. The van der Waals surface area contributed by atoms with Crippen molar-refractivity contribution >= 4 is 11.8 Å². The number of aliphatic hydroxyl groups is 1. The molecule has 0 aliphatic carbocycles. The zero-order valence-corrected chi connectivity index (χ0v) is 29.6. The number of amides is 2. The SMILES string of the molecule is CCN(CC)[C@@H](C(=O)N1CCC[C@H]1c1ncc(-c2ccc(-c3ccc(-c4cnc([C@@H]5CCCN5C(=O)[C@H](C)O)[nH]4)cc3)cc2)[nH]1)c1ccccc1. The van der Waals surface area contributed by atoms with Crippen molar-refractivity contribution in [1.82, 2.24) is 34.6 Å². The van der Waals surface area contributed by atoms with Crippen molar-refractivity contribution in [2.24, 2.45) is 0 Å². The summed E-state index contributed by atoms with van der Waals surface area (Å²) in [5.74, 6) is 1.47. The van der Waals surface area contributed by atoms with Crippen LogP contribution in [0.2, 0.25) is 0 Å². The minimum absolute atomic E-state index is 0.0828. The molecule has 264 valence electrons. The topological polar surface area (TPSA) is 121 Å². The number of aromatic amines is 2. The van der Waals surface area contributed by atoms with Gasteiger partial charge in [-0.05, 0) is 73.5 Å². The molecule has 2 amide bonds. The van der Waals surface area contributed by atoms with Crippen molar-refractivity contribution in [1.29, 1.82) is 0 Å². The molecule has 7 rings (SSSR count). The van der Waals surface area contributed by atoms with Crippen molar-refractivity contribution in [3.8, 4) is 33.6 Å². The lowest BCUT2D eigenvalue weighted by Crippen LogP contribution is -2.43. The Hall–Kier alpha value is -5.06. The number of hydrogen-bond donors (Lipinski definition) is 3. The number of rotatable bonds is 11. The third kappa shape index (κ3) is 6.98. The summed E-state index contributed by atoms with van der Waals surface area (Å²) in [4.78, 5) is 49.0. The van der Waals surface area contributed by atoms with Gasteiger partial charge in [0.1, 0.15) is 23.8 Å². The first-order valence-electron chi connectivity index (χ1n) is 18.2. The van der Waals surface area contributed by atoms with Crippen molar-refractivity contribution in [3.05, 3.63) is 108 Å². The van der Waals surface area contributed by atoms with Crippen LogP contribution in [0.3, 0.4) is 0 Å². The monoisotopic (exact) mass is 685 g/mol. The fourth-order valence-electron chi connectivity index (χ4n) is 7.75. The van der Waals surface area contributed by atoms with Crippen molar-refractivity contribution in [3.63, 3.8) is 0 Å². The fourth-order valence-corrected chi connectivity index (χ4v) is 7.75. The summed E-state index contributed by atoms with van der Waals surface area (Å²) in [5.41, 5.74) is 7.10. The molecule has 2 fully saturated rings. The van der Waals surface area contributed by atoms with Gasteiger partial charge in [-0.15, -0.1) is 0 Å². The number of benzene rings is 3. The van der Waals surface area contributed by atoms with Crippen LogP contribution in [0.4, 0.5) is 0 Å². The number of H-pyrrole nitrogens is 2. The fraction of sp³-hybridized carbons (Fsp3) is 0.366. The number of hydrogen-bond acceptors (Lipinski definition) is 6. The van der Waals surface area contributed by atoms with Crippen molar-refractivity contribution in [2.75, 3.05) is 26.2 Å². The summed E-state index contributed by atoms with van der Waals surface area (Å²) >= 11 is 0. The van der Waals surface area contributed by atoms with E-state index in [4.69, 9.17) is 4.98 Å². The van der Waals surface area contributed by atoms with E-state index in [1.165, 1.54) is 6.92 Å². The number of aromatic nitrogens is 4. The van der Waals surface area contributed by atoms with Crippen LogP contribution in [0.1, 0.15) is 81.8 Å². The van der Waals surface area contributed by atoms with E-state index in [-0.39, 0.29) is 29.9 Å². The largest absolute Gasteiger partial charge is 0.384 e. The van der Waals surface area contributed by atoms with Crippen LogP contribution in [0, 0.1) is 0 Å². The van der Waals surface area contributed by atoms with Crippen molar-refractivity contribution < 1.29 is 14.7 Å². The number of nitrogens with one attached hydrogen (secondary N) is 2. The van der Waals surface area contributed by atoms with Gasteiger partial charge in [0.15, 0.2) is 0 Å². The molecule has 3 aromatic carbocycles. The summed E-state index contributed by atoms with van der Waals surface area (Å²) in [7, 11) is 0. The molecule has 2 aromatic heterocycles. The van der Waals surface area contributed by atoms with E-state index < -0.39 is 6.10 Å². The summed E-state index contributed by atoms with van der Waals surface area (Å²) in [6.45, 7) is 8.69.